The summed E-state index contributed by atoms with van der Waals surface area (Å²) in [4.78, 5) is 14.2. The summed E-state index contributed by atoms with van der Waals surface area (Å²) in [5.74, 6) is -1.03. The maximum absolute atomic E-state index is 10.5. The van der Waals surface area contributed by atoms with Gasteiger partial charge < -0.3 is 14.2 Å². The standard InChI is InChI=1S/C23H45NO4/c1-6-11-12-13-14-15-18-22(17-7-2,19-16-20-24-21-25)23(26-8-3,27-9-4)28-10-5/h6-20H2,1-5H3. The molecule has 0 heterocycles. The molecule has 0 fully saturated rings. The lowest BCUT2D eigenvalue weighted by Gasteiger charge is -2.49. The molecular weight excluding hydrogens is 354 g/mol. The van der Waals surface area contributed by atoms with Gasteiger partial charge in [0, 0.05) is 19.8 Å². The number of unbranched alkanes of at least 4 members (excludes halogenated alkanes) is 5. The molecular formula is C23H45NO4. The molecule has 0 bridgehead atoms. The van der Waals surface area contributed by atoms with Crippen molar-refractivity contribution in [1.29, 1.82) is 0 Å². The second kappa shape index (κ2) is 17.1. The van der Waals surface area contributed by atoms with Gasteiger partial charge in [-0.3, -0.25) is 0 Å². The average Bonchev–Trinajstić information content (AvgIpc) is 2.68. The first-order valence-corrected chi connectivity index (χ1v) is 11.6. The van der Waals surface area contributed by atoms with Crippen molar-refractivity contribution in [1.82, 2.24) is 0 Å². The van der Waals surface area contributed by atoms with Crippen LogP contribution < -0.4 is 0 Å². The number of isocyanates is 1. The second-order valence-electron chi connectivity index (χ2n) is 7.48. The van der Waals surface area contributed by atoms with E-state index in [1.54, 1.807) is 6.08 Å². The molecule has 1 atom stereocenters. The van der Waals surface area contributed by atoms with Gasteiger partial charge in [0.25, 0.3) is 5.97 Å². The highest BCUT2D eigenvalue weighted by Crippen LogP contribution is 2.49. The molecule has 0 aliphatic heterocycles. The van der Waals surface area contributed by atoms with Gasteiger partial charge in [0.15, 0.2) is 0 Å². The molecule has 0 radical (unpaired) electrons. The Hall–Kier alpha value is -0.740. The first-order chi connectivity index (χ1) is 13.6. The first-order valence-electron chi connectivity index (χ1n) is 11.6. The van der Waals surface area contributed by atoms with Crippen LogP contribution in [0.4, 0.5) is 0 Å². The maximum Gasteiger partial charge on any atom is 0.288 e. The monoisotopic (exact) mass is 399 g/mol. The van der Waals surface area contributed by atoms with Crippen molar-refractivity contribution < 1.29 is 19.0 Å². The maximum atomic E-state index is 10.5. The zero-order valence-electron chi connectivity index (χ0n) is 19.2. The lowest BCUT2D eigenvalue weighted by atomic mass is 9.72. The first kappa shape index (κ1) is 27.3. The third-order valence-electron chi connectivity index (χ3n) is 5.38. The van der Waals surface area contributed by atoms with Crippen LogP contribution in [0.15, 0.2) is 4.99 Å². The molecule has 5 nitrogen and oxygen atoms in total. The zero-order valence-corrected chi connectivity index (χ0v) is 19.2. The minimum Gasteiger partial charge on any atom is -0.327 e. The van der Waals surface area contributed by atoms with E-state index in [2.05, 4.69) is 18.8 Å². The SMILES string of the molecule is CCCCCCCCC(CCC)(CCCN=C=O)C(OCC)(OCC)OCC. The molecule has 0 aromatic rings. The smallest absolute Gasteiger partial charge is 0.288 e. The minimum atomic E-state index is -1.03. The third kappa shape index (κ3) is 9.17. The van der Waals surface area contributed by atoms with Crippen molar-refractivity contribution >= 4 is 6.08 Å². The summed E-state index contributed by atoms with van der Waals surface area (Å²) >= 11 is 0. The molecule has 5 heteroatoms. The Morgan fingerprint density at radius 1 is 0.679 bits per heavy atom. The fourth-order valence-electron chi connectivity index (χ4n) is 4.25. The Bertz CT molecular complexity index is 392. The van der Waals surface area contributed by atoms with Crippen LogP contribution in [0.2, 0.25) is 0 Å². The molecule has 0 aliphatic carbocycles. The zero-order chi connectivity index (χ0) is 21.1. The summed E-state index contributed by atoms with van der Waals surface area (Å²) in [5.41, 5.74) is -0.243. The number of carbonyl (C=O) groups excluding carboxylic acids is 1. The highest BCUT2D eigenvalue weighted by Gasteiger charge is 2.53. The summed E-state index contributed by atoms with van der Waals surface area (Å²) in [6.45, 7) is 12.5. The Morgan fingerprint density at radius 2 is 1.21 bits per heavy atom. The van der Waals surface area contributed by atoms with Gasteiger partial charge in [-0.1, -0.05) is 58.8 Å². The van der Waals surface area contributed by atoms with E-state index in [0.717, 1.165) is 38.5 Å². The molecule has 0 aromatic carbocycles. The Morgan fingerprint density at radius 3 is 1.71 bits per heavy atom. The topological polar surface area (TPSA) is 57.1 Å². The van der Waals surface area contributed by atoms with E-state index in [1.165, 1.54) is 32.1 Å². The van der Waals surface area contributed by atoms with E-state index in [0.29, 0.717) is 26.4 Å². The molecule has 0 N–H and O–H groups in total. The van der Waals surface area contributed by atoms with Crippen LogP contribution in [0, 0.1) is 5.41 Å². The number of rotatable bonds is 20. The van der Waals surface area contributed by atoms with Crippen molar-refractivity contribution in [2.45, 2.75) is 111 Å². The summed E-state index contributed by atoms with van der Waals surface area (Å²) < 4.78 is 18.7. The molecule has 0 spiro atoms. The van der Waals surface area contributed by atoms with Gasteiger partial charge in [-0.2, -0.15) is 0 Å². The van der Waals surface area contributed by atoms with Gasteiger partial charge in [0.2, 0.25) is 6.08 Å². The number of hydrogen-bond acceptors (Lipinski definition) is 5. The van der Waals surface area contributed by atoms with E-state index in [4.69, 9.17) is 14.2 Å². The molecule has 166 valence electrons. The quantitative estimate of drug-likeness (QED) is 0.103. The van der Waals surface area contributed by atoms with Gasteiger partial charge in [0.05, 0.1) is 12.0 Å². The van der Waals surface area contributed by atoms with Crippen molar-refractivity contribution in [3.8, 4) is 0 Å². The van der Waals surface area contributed by atoms with E-state index in [9.17, 15) is 4.79 Å². The lowest BCUT2D eigenvalue weighted by molar-refractivity contribution is -0.431. The van der Waals surface area contributed by atoms with Crippen LogP contribution in [0.25, 0.3) is 0 Å². The van der Waals surface area contributed by atoms with Gasteiger partial charge in [0.1, 0.15) is 0 Å². The highest BCUT2D eigenvalue weighted by atomic mass is 16.9. The molecule has 0 amide bonds. The normalized spacial score (nSPS) is 13.9. The van der Waals surface area contributed by atoms with Crippen LogP contribution in [0.3, 0.4) is 0 Å². The van der Waals surface area contributed by atoms with E-state index < -0.39 is 5.97 Å². The summed E-state index contributed by atoms with van der Waals surface area (Å²) in [5, 5.41) is 0. The van der Waals surface area contributed by atoms with Crippen molar-refractivity contribution in [3.63, 3.8) is 0 Å². The number of nitrogens with zero attached hydrogens (tertiary/aromatic N) is 1. The number of hydrogen-bond donors (Lipinski definition) is 0. The Balaban J connectivity index is 5.56. The molecule has 28 heavy (non-hydrogen) atoms. The van der Waals surface area contributed by atoms with E-state index in [1.807, 2.05) is 20.8 Å². The Kier molecular flexibility index (Phi) is 16.7. The van der Waals surface area contributed by atoms with Crippen LogP contribution in [-0.2, 0) is 19.0 Å². The second-order valence-corrected chi connectivity index (χ2v) is 7.48. The molecule has 0 aromatic heterocycles. The van der Waals surface area contributed by atoms with Crippen molar-refractivity contribution in [2.75, 3.05) is 26.4 Å². The summed E-state index contributed by atoms with van der Waals surface area (Å²) in [6.07, 6.45) is 13.8. The van der Waals surface area contributed by atoms with E-state index >= 15 is 0 Å². The van der Waals surface area contributed by atoms with Crippen molar-refractivity contribution in [3.05, 3.63) is 0 Å². The fraction of sp³-hybridized carbons (Fsp3) is 0.957. The van der Waals surface area contributed by atoms with Gasteiger partial charge in [-0.05, 0) is 46.5 Å². The summed E-state index contributed by atoms with van der Waals surface area (Å²) in [7, 11) is 0. The van der Waals surface area contributed by atoms with Gasteiger partial charge in [-0.15, -0.1) is 0 Å². The lowest BCUT2D eigenvalue weighted by Crippen LogP contribution is -2.55. The average molecular weight is 400 g/mol. The number of aliphatic imine (C=N–C) groups is 1. The van der Waals surface area contributed by atoms with Crippen LogP contribution >= 0.6 is 0 Å². The molecule has 0 aliphatic rings. The molecule has 0 saturated heterocycles. The van der Waals surface area contributed by atoms with Crippen LogP contribution in [0.5, 0.6) is 0 Å². The molecule has 0 rings (SSSR count). The highest BCUT2D eigenvalue weighted by molar-refractivity contribution is 5.32. The van der Waals surface area contributed by atoms with Crippen LogP contribution in [0.1, 0.15) is 105 Å². The predicted octanol–water partition coefficient (Wildman–Crippen LogP) is 6.40. The van der Waals surface area contributed by atoms with Crippen LogP contribution in [-0.4, -0.2) is 38.4 Å². The minimum absolute atomic E-state index is 0.243. The fourth-order valence-corrected chi connectivity index (χ4v) is 4.25. The largest absolute Gasteiger partial charge is 0.327 e. The predicted molar refractivity (Wildman–Crippen MR) is 115 cm³/mol. The van der Waals surface area contributed by atoms with Gasteiger partial charge >= 0.3 is 0 Å². The van der Waals surface area contributed by atoms with Gasteiger partial charge in [-0.25, -0.2) is 9.79 Å². The third-order valence-corrected chi connectivity index (χ3v) is 5.38. The molecule has 0 saturated carbocycles. The molecule has 1 unspecified atom stereocenters. The number of ether oxygens (including phenoxy) is 3. The summed E-state index contributed by atoms with van der Waals surface area (Å²) in [6, 6.07) is 0. The van der Waals surface area contributed by atoms with Crippen molar-refractivity contribution in [2.24, 2.45) is 10.4 Å². The van der Waals surface area contributed by atoms with E-state index in [-0.39, 0.29) is 5.41 Å². The Labute approximate surface area is 173 Å².